The van der Waals surface area contributed by atoms with E-state index in [-0.39, 0.29) is 6.61 Å². The summed E-state index contributed by atoms with van der Waals surface area (Å²) in [6.45, 7) is 0.142. The van der Waals surface area contributed by atoms with E-state index < -0.39 is 6.10 Å². The van der Waals surface area contributed by atoms with Crippen LogP contribution in [0, 0.1) is 11.3 Å². The molecule has 0 bridgehead atoms. The summed E-state index contributed by atoms with van der Waals surface area (Å²) in [5.41, 5.74) is 2.71. The number of aromatic nitrogens is 6. The lowest BCUT2D eigenvalue weighted by molar-refractivity contribution is 0.0980. The minimum atomic E-state index is -0.551. The van der Waals surface area contributed by atoms with E-state index in [1.54, 1.807) is 64.6 Å². The summed E-state index contributed by atoms with van der Waals surface area (Å²) in [7, 11) is 1.83. The Morgan fingerprint density at radius 2 is 2.03 bits per heavy atom. The van der Waals surface area contributed by atoms with E-state index in [1.165, 1.54) is 0 Å². The first-order valence-electron chi connectivity index (χ1n) is 9.52. The third-order valence-corrected chi connectivity index (χ3v) is 4.50. The van der Waals surface area contributed by atoms with Gasteiger partial charge < -0.3 is 15.2 Å². The summed E-state index contributed by atoms with van der Waals surface area (Å²) in [6, 6.07) is 9.14. The third-order valence-electron chi connectivity index (χ3n) is 4.50. The minimum absolute atomic E-state index is 0.215. The predicted molar refractivity (Wildman–Crippen MR) is 112 cm³/mol. The van der Waals surface area contributed by atoms with Crippen LogP contribution in [0.4, 0.5) is 11.6 Å². The van der Waals surface area contributed by atoms with E-state index in [9.17, 15) is 10.4 Å². The molecular weight excluding hydrogens is 396 g/mol. The predicted octanol–water partition coefficient (Wildman–Crippen LogP) is 2.13. The van der Waals surface area contributed by atoms with Gasteiger partial charge in [0.05, 0.1) is 30.6 Å². The Morgan fingerprint density at radius 3 is 2.68 bits per heavy atom. The van der Waals surface area contributed by atoms with Crippen LogP contribution in [0.5, 0.6) is 5.75 Å². The monoisotopic (exact) mass is 416 g/mol. The molecule has 4 rings (SSSR count). The van der Waals surface area contributed by atoms with Crippen molar-refractivity contribution in [3.63, 3.8) is 0 Å². The van der Waals surface area contributed by atoms with Gasteiger partial charge in [-0.15, -0.1) is 0 Å². The fraction of sp³-hybridized carbons (Fsp3) is 0.190. The summed E-state index contributed by atoms with van der Waals surface area (Å²) in [5, 5.41) is 30.5. The van der Waals surface area contributed by atoms with Crippen molar-refractivity contribution in [3.05, 3.63) is 67.0 Å². The van der Waals surface area contributed by atoms with Crippen molar-refractivity contribution in [1.82, 2.24) is 29.5 Å². The molecule has 2 N–H and O–H groups in total. The van der Waals surface area contributed by atoms with E-state index in [0.29, 0.717) is 23.8 Å². The molecule has 0 saturated carbocycles. The lowest BCUT2D eigenvalue weighted by Crippen LogP contribution is -2.27. The number of benzene rings is 1. The summed E-state index contributed by atoms with van der Waals surface area (Å²) >= 11 is 0. The van der Waals surface area contributed by atoms with Crippen molar-refractivity contribution in [1.29, 1.82) is 5.26 Å². The zero-order valence-electron chi connectivity index (χ0n) is 16.8. The van der Waals surface area contributed by atoms with Crippen LogP contribution < -0.4 is 10.1 Å². The second kappa shape index (κ2) is 9.06. The van der Waals surface area contributed by atoms with Crippen molar-refractivity contribution in [2.45, 2.75) is 12.6 Å². The van der Waals surface area contributed by atoms with Crippen molar-refractivity contribution in [2.24, 2.45) is 7.05 Å². The molecule has 1 aromatic carbocycles. The van der Waals surface area contributed by atoms with Gasteiger partial charge in [-0.05, 0) is 23.8 Å². The highest BCUT2D eigenvalue weighted by molar-refractivity contribution is 5.66. The molecule has 10 nitrogen and oxygen atoms in total. The van der Waals surface area contributed by atoms with Crippen LogP contribution in [0.15, 0.2) is 61.4 Å². The van der Waals surface area contributed by atoms with E-state index in [1.807, 2.05) is 13.2 Å². The Bertz CT molecular complexity index is 1180. The third kappa shape index (κ3) is 4.85. The summed E-state index contributed by atoms with van der Waals surface area (Å²) in [6.07, 6.45) is 9.76. The lowest BCUT2D eigenvalue weighted by atomic mass is 10.1. The van der Waals surface area contributed by atoms with Crippen molar-refractivity contribution >= 4 is 11.6 Å². The molecule has 0 aliphatic heterocycles. The average Bonchev–Trinajstić information content (AvgIpc) is 3.45. The van der Waals surface area contributed by atoms with Crippen molar-refractivity contribution < 1.29 is 9.84 Å². The van der Waals surface area contributed by atoms with Gasteiger partial charge in [-0.25, -0.2) is 9.97 Å². The second-order valence-corrected chi connectivity index (χ2v) is 6.80. The number of hydrogen-bond donors (Lipinski definition) is 2. The largest absolute Gasteiger partial charge is 0.485 e. The standard InChI is InChI=1S/C21H20N8O2/c1-28-12-18(11-26-28)27-21-23-9-17(10-24-21)15-3-4-16(8-22)20(7-15)31-19(14-30)13-29-6-2-5-25-29/h2-7,9-12,19,30H,13-14H2,1H3,(H,23,24,27)/t19-/m1/s1. The van der Waals surface area contributed by atoms with Crippen LogP contribution in [0.3, 0.4) is 0 Å². The average molecular weight is 416 g/mol. The number of aliphatic hydroxyl groups excluding tert-OH is 1. The van der Waals surface area contributed by atoms with Gasteiger partial charge in [0.1, 0.15) is 17.9 Å². The summed E-state index contributed by atoms with van der Waals surface area (Å²) < 4.78 is 9.28. The zero-order chi connectivity index (χ0) is 21.6. The van der Waals surface area contributed by atoms with Crippen molar-refractivity contribution in [2.75, 3.05) is 11.9 Å². The normalized spacial score (nSPS) is 11.6. The number of aliphatic hydroxyl groups is 1. The quantitative estimate of drug-likeness (QED) is 0.447. The molecule has 3 aromatic heterocycles. The maximum atomic E-state index is 9.71. The molecule has 156 valence electrons. The zero-order valence-corrected chi connectivity index (χ0v) is 16.8. The van der Waals surface area contributed by atoms with Gasteiger partial charge in [-0.1, -0.05) is 6.07 Å². The topological polar surface area (TPSA) is 127 Å². The molecule has 0 spiro atoms. The van der Waals surface area contributed by atoms with Gasteiger partial charge in [-0.3, -0.25) is 9.36 Å². The van der Waals surface area contributed by atoms with E-state index in [0.717, 1.165) is 16.8 Å². The Labute approximate surface area is 178 Å². The summed E-state index contributed by atoms with van der Waals surface area (Å²) in [4.78, 5) is 8.68. The highest BCUT2D eigenvalue weighted by atomic mass is 16.5. The van der Waals surface area contributed by atoms with Crippen LogP contribution in [0.25, 0.3) is 11.1 Å². The van der Waals surface area contributed by atoms with Gasteiger partial charge >= 0.3 is 0 Å². The molecule has 0 unspecified atom stereocenters. The van der Waals surface area contributed by atoms with Gasteiger partial charge in [0, 0.05) is 43.6 Å². The number of ether oxygens (including phenoxy) is 1. The van der Waals surface area contributed by atoms with Crippen LogP contribution in [-0.2, 0) is 13.6 Å². The van der Waals surface area contributed by atoms with Gasteiger partial charge in [-0.2, -0.15) is 15.5 Å². The second-order valence-electron chi connectivity index (χ2n) is 6.80. The van der Waals surface area contributed by atoms with E-state index >= 15 is 0 Å². The van der Waals surface area contributed by atoms with Crippen LogP contribution in [0.1, 0.15) is 5.56 Å². The molecular formula is C21H20N8O2. The maximum absolute atomic E-state index is 9.71. The number of rotatable bonds is 8. The number of anilines is 2. The highest BCUT2D eigenvalue weighted by Gasteiger charge is 2.15. The van der Waals surface area contributed by atoms with E-state index in [4.69, 9.17) is 4.74 Å². The lowest BCUT2D eigenvalue weighted by Gasteiger charge is -2.18. The molecule has 3 heterocycles. The van der Waals surface area contributed by atoms with Crippen molar-refractivity contribution in [3.8, 4) is 22.9 Å². The first-order valence-corrected chi connectivity index (χ1v) is 9.52. The Hall–Kier alpha value is -4.23. The fourth-order valence-electron chi connectivity index (χ4n) is 2.98. The molecule has 0 amide bonds. The molecule has 31 heavy (non-hydrogen) atoms. The SMILES string of the molecule is Cn1cc(Nc2ncc(-c3ccc(C#N)c(O[C@@H](CO)Cn4cccn4)c3)cn2)cn1. The smallest absolute Gasteiger partial charge is 0.227 e. The molecule has 1 atom stereocenters. The molecule has 0 fully saturated rings. The minimum Gasteiger partial charge on any atom is -0.485 e. The number of nitrogens with zero attached hydrogens (tertiary/aromatic N) is 7. The van der Waals surface area contributed by atoms with E-state index in [2.05, 4.69) is 31.6 Å². The molecule has 0 saturated heterocycles. The molecule has 0 aliphatic rings. The fourth-order valence-corrected chi connectivity index (χ4v) is 2.98. The first kappa shape index (κ1) is 20.1. The number of nitriles is 1. The Balaban J connectivity index is 1.53. The number of hydrogen-bond acceptors (Lipinski definition) is 8. The van der Waals surface area contributed by atoms with Crippen LogP contribution in [-0.4, -0.2) is 47.3 Å². The van der Waals surface area contributed by atoms with Gasteiger partial charge in [0.15, 0.2) is 0 Å². The number of nitrogens with one attached hydrogen (secondary N) is 1. The van der Waals surface area contributed by atoms with Crippen LogP contribution in [0.2, 0.25) is 0 Å². The Kier molecular flexibility index (Phi) is 5.86. The highest BCUT2D eigenvalue weighted by Crippen LogP contribution is 2.28. The van der Waals surface area contributed by atoms with Crippen LogP contribution >= 0.6 is 0 Å². The maximum Gasteiger partial charge on any atom is 0.227 e. The van der Waals surface area contributed by atoms with Gasteiger partial charge in [0.25, 0.3) is 0 Å². The molecule has 4 aromatic rings. The van der Waals surface area contributed by atoms with Gasteiger partial charge in [0.2, 0.25) is 5.95 Å². The number of aryl methyl sites for hydroxylation is 1. The molecule has 0 aliphatic carbocycles. The first-order chi connectivity index (χ1) is 15.1. The molecule has 0 radical (unpaired) electrons. The summed E-state index contributed by atoms with van der Waals surface area (Å²) in [5.74, 6) is 0.824. The molecule has 10 heteroatoms. The Morgan fingerprint density at radius 1 is 1.19 bits per heavy atom.